The summed E-state index contributed by atoms with van der Waals surface area (Å²) >= 11 is 0. The van der Waals surface area contributed by atoms with Crippen molar-refractivity contribution in [2.24, 2.45) is 10.2 Å². The van der Waals surface area contributed by atoms with Crippen LogP contribution in [0.15, 0.2) is 77.1 Å². The highest BCUT2D eigenvalue weighted by Crippen LogP contribution is 2.24. The maximum absolute atomic E-state index is 8.79. The molecule has 0 radical (unpaired) electrons. The van der Waals surface area contributed by atoms with E-state index in [9.17, 15) is 0 Å². The molecule has 0 N–H and O–H groups in total. The van der Waals surface area contributed by atoms with E-state index in [1.807, 2.05) is 47.2 Å². The average molecular weight is 302 g/mol. The van der Waals surface area contributed by atoms with Gasteiger partial charge in [0, 0.05) is 11.9 Å². The van der Waals surface area contributed by atoms with Gasteiger partial charge < -0.3 is 9.30 Å². The summed E-state index contributed by atoms with van der Waals surface area (Å²) in [5, 5.41) is 17.3. The Morgan fingerprint density at radius 1 is 0.957 bits per heavy atom. The summed E-state index contributed by atoms with van der Waals surface area (Å²) in [6.07, 6.45) is 1.93. The smallest absolute Gasteiger partial charge is 0.159 e. The van der Waals surface area contributed by atoms with Crippen molar-refractivity contribution in [2.75, 3.05) is 7.11 Å². The normalized spacial score (nSPS) is 10.6. The summed E-state index contributed by atoms with van der Waals surface area (Å²) in [6, 6.07) is 20.6. The second-order valence-corrected chi connectivity index (χ2v) is 4.79. The molecule has 112 valence electrons. The van der Waals surface area contributed by atoms with E-state index >= 15 is 0 Å². The van der Waals surface area contributed by atoms with Gasteiger partial charge in [0.2, 0.25) is 0 Å². The molecule has 0 fully saturated rings. The van der Waals surface area contributed by atoms with Crippen LogP contribution in [0.5, 0.6) is 5.75 Å². The van der Waals surface area contributed by atoms with Crippen molar-refractivity contribution in [3.8, 4) is 17.5 Å². The van der Waals surface area contributed by atoms with Crippen LogP contribution in [-0.4, -0.2) is 11.7 Å². The van der Waals surface area contributed by atoms with Gasteiger partial charge in [-0.05, 0) is 60.7 Å². The molecule has 0 bridgehead atoms. The molecule has 0 saturated heterocycles. The van der Waals surface area contributed by atoms with E-state index in [4.69, 9.17) is 10.00 Å². The molecule has 0 atom stereocenters. The van der Waals surface area contributed by atoms with Crippen LogP contribution in [0.4, 0.5) is 11.5 Å². The van der Waals surface area contributed by atoms with E-state index in [0.29, 0.717) is 11.3 Å². The van der Waals surface area contributed by atoms with Gasteiger partial charge in [0.15, 0.2) is 5.82 Å². The number of nitrogens with zero attached hydrogens (tertiary/aromatic N) is 4. The van der Waals surface area contributed by atoms with Gasteiger partial charge in [-0.1, -0.05) is 0 Å². The van der Waals surface area contributed by atoms with Gasteiger partial charge in [-0.25, -0.2) is 0 Å². The molecular weight excluding hydrogens is 288 g/mol. The first-order chi connectivity index (χ1) is 11.3. The van der Waals surface area contributed by atoms with Crippen molar-refractivity contribution in [1.82, 2.24) is 4.57 Å². The number of hydrogen-bond donors (Lipinski definition) is 0. The van der Waals surface area contributed by atoms with Crippen LogP contribution in [0.25, 0.3) is 5.69 Å². The van der Waals surface area contributed by atoms with E-state index in [-0.39, 0.29) is 0 Å². The number of methoxy groups -OCH3 is 1. The topological polar surface area (TPSA) is 62.7 Å². The van der Waals surface area contributed by atoms with Crippen LogP contribution >= 0.6 is 0 Å². The Hall–Kier alpha value is -3.39. The van der Waals surface area contributed by atoms with Crippen LogP contribution in [0.1, 0.15) is 5.56 Å². The van der Waals surface area contributed by atoms with E-state index in [0.717, 1.165) is 17.3 Å². The molecule has 2 aromatic carbocycles. The third-order valence-electron chi connectivity index (χ3n) is 3.34. The molecule has 1 heterocycles. The van der Waals surface area contributed by atoms with Crippen LogP contribution in [0, 0.1) is 11.3 Å². The number of azo groups is 1. The minimum Gasteiger partial charge on any atom is -0.497 e. The van der Waals surface area contributed by atoms with E-state index in [2.05, 4.69) is 16.3 Å². The number of nitriles is 1. The molecular formula is C18H14N4O. The minimum absolute atomic E-state index is 0.602. The van der Waals surface area contributed by atoms with Gasteiger partial charge >= 0.3 is 0 Å². The third kappa shape index (κ3) is 3.27. The molecule has 0 aliphatic rings. The predicted octanol–water partition coefficient (Wildman–Crippen LogP) is 4.77. The van der Waals surface area contributed by atoms with Gasteiger partial charge in [0.1, 0.15) is 5.75 Å². The molecule has 0 spiro atoms. The second kappa shape index (κ2) is 6.58. The fraction of sp³-hybridized carbons (Fsp3) is 0.0556. The molecule has 5 heteroatoms. The summed E-state index contributed by atoms with van der Waals surface area (Å²) in [5.74, 6) is 1.53. The molecule has 3 rings (SSSR count). The molecule has 1 aromatic heterocycles. The van der Waals surface area contributed by atoms with Crippen LogP contribution in [0.3, 0.4) is 0 Å². The zero-order valence-electron chi connectivity index (χ0n) is 12.5. The van der Waals surface area contributed by atoms with Gasteiger partial charge in [-0.3, -0.25) is 0 Å². The van der Waals surface area contributed by atoms with E-state index < -0.39 is 0 Å². The lowest BCUT2D eigenvalue weighted by molar-refractivity contribution is 0.415. The van der Waals surface area contributed by atoms with Crippen molar-refractivity contribution < 1.29 is 4.74 Å². The Morgan fingerprint density at radius 3 is 2.35 bits per heavy atom. The first kappa shape index (κ1) is 14.5. The van der Waals surface area contributed by atoms with Crippen molar-refractivity contribution in [3.63, 3.8) is 0 Å². The predicted molar refractivity (Wildman–Crippen MR) is 87.7 cm³/mol. The Kier molecular flexibility index (Phi) is 4.16. The lowest BCUT2D eigenvalue weighted by Crippen LogP contribution is -1.91. The molecule has 0 aliphatic carbocycles. The minimum atomic E-state index is 0.602. The van der Waals surface area contributed by atoms with E-state index in [1.54, 1.807) is 31.4 Å². The van der Waals surface area contributed by atoms with Gasteiger partial charge in [0.25, 0.3) is 0 Å². The Bertz CT molecular complexity index is 855. The van der Waals surface area contributed by atoms with Gasteiger partial charge in [0.05, 0.1) is 24.4 Å². The number of ether oxygens (including phenoxy) is 1. The highest BCUT2D eigenvalue weighted by Gasteiger charge is 2.03. The van der Waals surface area contributed by atoms with Gasteiger partial charge in [-0.2, -0.15) is 5.26 Å². The summed E-state index contributed by atoms with van der Waals surface area (Å²) in [5.41, 5.74) is 2.28. The molecule has 0 aliphatic heterocycles. The quantitative estimate of drug-likeness (QED) is 0.651. The SMILES string of the molecule is COc1ccc(-n2cccc2N=Nc2ccc(C#N)cc2)cc1. The van der Waals surface area contributed by atoms with Crippen molar-refractivity contribution in [2.45, 2.75) is 0 Å². The Morgan fingerprint density at radius 2 is 1.70 bits per heavy atom. The van der Waals surface area contributed by atoms with Crippen molar-refractivity contribution in [1.29, 1.82) is 5.26 Å². The first-order valence-electron chi connectivity index (χ1n) is 7.04. The maximum atomic E-state index is 8.79. The molecule has 23 heavy (non-hydrogen) atoms. The maximum Gasteiger partial charge on any atom is 0.159 e. The Balaban J connectivity index is 1.85. The molecule has 3 aromatic rings. The number of aromatic nitrogens is 1. The lowest BCUT2D eigenvalue weighted by atomic mass is 10.2. The fourth-order valence-electron chi connectivity index (χ4n) is 2.13. The number of benzene rings is 2. The zero-order valence-corrected chi connectivity index (χ0v) is 12.5. The van der Waals surface area contributed by atoms with Crippen LogP contribution in [0.2, 0.25) is 0 Å². The first-order valence-corrected chi connectivity index (χ1v) is 7.04. The zero-order chi connectivity index (χ0) is 16.1. The highest BCUT2D eigenvalue weighted by atomic mass is 16.5. The summed E-state index contributed by atoms with van der Waals surface area (Å²) in [7, 11) is 1.64. The molecule has 0 saturated carbocycles. The van der Waals surface area contributed by atoms with E-state index in [1.165, 1.54) is 0 Å². The van der Waals surface area contributed by atoms with Gasteiger partial charge in [-0.15, -0.1) is 10.2 Å². The number of rotatable bonds is 4. The second-order valence-electron chi connectivity index (χ2n) is 4.79. The number of hydrogen-bond acceptors (Lipinski definition) is 4. The standard InChI is InChI=1S/C18H14N4O/c1-23-17-10-8-16(9-11-17)22-12-2-3-18(22)21-20-15-6-4-14(13-19)5-7-15/h2-12H,1H3. The largest absolute Gasteiger partial charge is 0.497 e. The molecule has 0 amide bonds. The lowest BCUT2D eigenvalue weighted by Gasteiger charge is -2.06. The monoisotopic (exact) mass is 302 g/mol. The summed E-state index contributed by atoms with van der Waals surface area (Å²) < 4.78 is 7.10. The van der Waals surface area contributed by atoms with Crippen LogP contribution < -0.4 is 4.74 Å². The summed E-state index contributed by atoms with van der Waals surface area (Å²) in [6.45, 7) is 0. The van der Waals surface area contributed by atoms with Crippen molar-refractivity contribution in [3.05, 3.63) is 72.4 Å². The Labute approximate surface area is 134 Å². The molecule has 0 unspecified atom stereocenters. The fourth-order valence-corrected chi connectivity index (χ4v) is 2.13. The highest BCUT2D eigenvalue weighted by molar-refractivity contribution is 5.46. The van der Waals surface area contributed by atoms with Crippen molar-refractivity contribution >= 4 is 11.5 Å². The third-order valence-corrected chi connectivity index (χ3v) is 3.34. The average Bonchev–Trinajstić information content (AvgIpc) is 3.09. The molecule has 5 nitrogen and oxygen atoms in total. The summed E-state index contributed by atoms with van der Waals surface area (Å²) in [4.78, 5) is 0. The van der Waals surface area contributed by atoms with Crippen LogP contribution in [-0.2, 0) is 0 Å².